The van der Waals surface area contributed by atoms with Crippen molar-refractivity contribution in [1.82, 2.24) is 4.72 Å². The van der Waals surface area contributed by atoms with Crippen LogP contribution in [0.5, 0.6) is 0 Å². The summed E-state index contributed by atoms with van der Waals surface area (Å²) < 4.78 is 28.5. The van der Waals surface area contributed by atoms with E-state index in [0.29, 0.717) is 18.5 Å². The number of hydrogen-bond donors (Lipinski definition) is 1. The molecule has 0 heterocycles. The highest BCUT2D eigenvalue weighted by Gasteiger charge is 2.18. The molecule has 1 aromatic carbocycles. The molecule has 0 aliphatic heterocycles. The summed E-state index contributed by atoms with van der Waals surface area (Å²) in [5.41, 5.74) is 0.631. The van der Waals surface area contributed by atoms with Crippen LogP contribution < -0.4 is 4.72 Å². The Labute approximate surface area is 113 Å². The first-order valence-electron chi connectivity index (χ1n) is 5.40. The van der Waals surface area contributed by atoms with Gasteiger partial charge in [-0.1, -0.05) is 22.0 Å². The van der Waals surface area contributed by atoms with Gasteiger partial charge in [0.15, 0.2) is 0 Å². The first kappa shape index (κ1) is 14.8. The SMILES string of the molecule is CC(C)(C)S(=O)NCCc1ccc(Br)cc1F. The van der Waals surface area contributed by atoms with Crippen molar-refractivity contribution in [1.29, 1.82) is 0 Å². The second kappa shape index (κ2) is 6.07. The fourth-order valence-electron chi connectivity index (χ4n) is 1.22. The lowest BCUT2D eigenvalue weighted by molar-refractivity contribution is 0.603. The first-order valence-corrected chi connectivity index (χ1v) is 7.34. The number of rotatable bonds is 4. The molecule has 0 aliphatic carbocycles. The van der Waals surface area contributed by atoms with Gasteiger partial charge in [-0.05, 0) is 44.9 Å². The topological polar surface area (TPSA) is 29.1 Å². The second-order valence-corrected chi connectivity index (χ2v) is 7.73. The molecule has 5 heteroatoms. The molecule has 0 radical (unpaired) electrons. The van der Waals surface area contributed by atoms with Crippen LogP contribution >= 0.6 is 15.9 Å². The number of hydrogen-bond acceptors (Lipinski definition) is 1. The molecule has 1 aromatic rings. The standard InChI is InChI=1S/C12H17BrFNOS/c1-12(2,3)17(16)15-7-6-9-4-5-10(13)8-11(9)14/h4-5,8,15H,6-7H2,1-3H3. The third-order valence-electron chi connectivity index (χ3n) is 2.20. The molecule has 0 aromatic heterocycles. The monoisotopic (exact) mass is 321 g/mol. The average Bonchev–Trinajstić information content (AvgIpc) is 2.19. The fraction of sp³-hybridized carbons (Fsp3) is 0.500. The fourth-order valence-corrected chi connectivity index (χ4v) is 2.27. The highest BCUT2D eigenvalue weighted by molar-refractivity contribution is 9.10. The normalized spacial score (nSPS) is 13.7. The van der Waals surface area contributed by atoms with Crippen molar-refractivity contribution < 1.29 is 8.60 Å². The van der Waals surface area contributed by atoms with E-state index in [0.717, 1.165) is 4.47 Å². The molecule has 1 N–H and O–H groups in total. The van der Waals surface area contributed by atoms with Crippen molar-refractivity contribution in [3.63, 3.8) is 0 Å². The Morgan fingerprint density at radius 2 is 2.06 bits per heavy atom. The zero-order valence-electron chi connectivity index (χ0n) is 10.2. The van der Waals surface area contributed by atoms with Gasteiger partial charge < -0.3 is 0 Å². The molecule has 0 saturated heterocycles. The highest BCUT2D eigenvalue weighted by atomic mass is 79.9. The van der Waals surface area contributed by atoms with Crippen molar-refractivity contribution in [2.75, 3.05) is 6.54 Å². The molecule has 0 aliphatic rings. The predicted molar refractivity (Wildman–Crippen MR) is 73.7 cm³/mol. The van der Waals surface area contributed by atoms with Gasteiger partial charge >= 0.3 is 0 Å². The Bertz CT molecular complexity index is 417. The van der Waals surface area contributed by atoms with Crippen LogP contribution in [0.25, 0.3) is 0 Å². The van der Waals surface area contributed by atoms with Gasteiger partial charge in [-0.2, -0.15) is 0 Å². The summed E-state index contributed by atoms with van der Waals surface area (Å²) in [6.07, 6.45) is 0.529. The van der Waals surface area contributed by atoms with Crippen molar-refractivity contribution >= 4 is 26.9 Å². The molecule has 0 saturated carbocycles. The van der Waals surface area contributed by atoms with Gasteiger partial charge in [0.2, 0.25) is 0 Å². The largest absolute Gasteiger partial charge is 0.242 e. The Hall–Kier alpha value is -0.260. The lowest BCUT2D eigenvalue weighted by Crippen LogP contribution is -2.34. The van der Waals surface area contributed by atoms with E-state index < -0.39 is 11.0 Å². The van der Waals surface area contributed by atoms with Crippen LogP contribution in [0.1, 0.15) is 26.3 Å². The van der Waals surface area contributed by atoms with Crippen LogP contribution in [0, 0.1) is 5.82 Å². The molecule has 2 nitrogen and oxygen atoms in total. The quantitative estimate of drug-likeness (QED) is 0.906. The van der Waals surface area contributed by atoms with Gasteiger partial charge in [0.25, 0.3) is 0 Å². The minimum absolute atomic E-state index is 0.234. The molecular weight excluding hydrogens is 305 g/mol. The predicted octanol–water partition coefficient (Wildman–Crippen LogP) is 3.18. The summed E-state index contributed by atoms with van der Waals surface area (Å²) >= 11 is 3.21. The van der Waals surface area contributed by atoms with Gasteiger partial charge in [0.05, 0.1) is 15.7 Å². The Kier molecular flexibility index (Phi) is 5.28. The van der Waals surface area contributed by atoms with Gasteiger partial charge in [-0.15, -0.1) is 0 Å². The van der Waals surface area contributed by atoms with Crippen molar-refractivity contribution in [3.8, 4) is 0 Å². The minimum Gasteiger partial charge on any atom is -0.242 e. The average molecular weight is 322 g/mol. The minimum atomic E-state index is -1.10. The summed E-state index contributed by atoms with van der Waals surface area (Å²) in [4.78, 5) is 0. The number of nitrogens with one attached hydrogen (secondary N) is 1. The third kappa shape index (κ3) is 4.85. The van der Waals surface area contributed by atoms with Crippen LogP contribution in [0.2, 0.25) is 0 Å². The third-order valence-corrected chi connectivity index (χ3v) is 4.27. The van der Waals surface area contributed by atoms with Crippen LogP contribution in [0.4, 0.5) is 4.39 Å². The van der Waals surface area contributed by atoms with E-state index in [4.69, 9.17) is 0 Å². The van der Waals surface area contributed by atoms with Gasteiger partial charge in [0, 0.05) is 11.0 Å². The van der Waals surface area contributed by atoms with Crippen LogP contribution in [-0.2, 0) is 17.4 Å². The summed E-state index contributed by atoms with van der Waals surface area (Å²) in [7, 11) is -1.10. The summed E-state index contributed by atoms with van der Waals surface area (Å²) in [6.45, 7) is 6.20. The van der Waals surface area contributed by atoms with E-state index >= 15 is 0 Å². The van der Waals surface area contributed by atoms with Gasteiger partial charge in [-0.25, -0.2) is 13.3 Å². The van der Waals surface area contributed by atoms with E-state index in [1.54, 1.807) is 12.1 Å². The number of benzene rings is 1. The van der Waals surface area contributed by atoms with Crippen LogP contribution in [0.15, 0.2) is 22.7 Å². The maximum Gasteiger partial charge on any atom is 0.127 e. The van der Waals surface area contributed by atoms with Crippen molar-refractivity contribution in [2.24, 2.45) is 0 Å². The molecular formula is C12H17BrFNOS. The Morgan fingerprint density at radius 1 is 1.41 bits per heavy atom. The van der Waals surface area contributed by atoms with E-state index in [1.807, 2.05) is 20.8 Å². The van der Waals surface area contributed by atoms with Gasteiger partial charge in [-0.3, -0.25) is 0 Å². The molecule has 96 valence electrons. The van der Waals surface area contributed by atoms with Crippen LogP contribution in [-0.4, -0.2) is 15.5 Å². The molecule has 1 unspecified atom stereocenters. The molecule has 17 heavy (non-hydrogen) atoms. The summed E-state index contributed by atoms with van der Waals surface area (Å²) in [5, 5.41) is 0. The lowest BCUT2D eigenvalue weighted by atomic mass is 10.1. The zero-order valence-corrected chi connectivity index (χ0v) is 12.6. The lowest BCUT2D eigenvalue weighted by Gasteiger charge is -2.18. The maximum absolute atomic E-state index is 13.5. The van der Waals surface area contributed by atoms with E-state index in [-0.39, 0.29) is 10.6 Å². The van der Waals surface area contributed by atoms with Crippen molar-refractivity contribution in [3.05, 3.63) is 34.1 Å². The molecule has 1 atom stereocenters. The van der Waals surface area contributed by atoms with Crippen molar-refractivity contribution in [2.45, 2.75) is 31.9 Å². The van der Waals surface area contributed by atoms with Gasteiger partial charge in [0.1, 0.15) is 5.82 Å². The Balaban J connectivity index is 2.49. The molecule has 0 bridgehead atoms. The van der Waals surface area contributed by atoms with E-state index in [9.17, 15) is 8.60 Å². The number of halogens is 2. The van der Waals surface area contributed by atoms with E-state index in [2.05, 4.69) is 20.7 Å². The second-order valence-electron chi connectivity index (χ2n) is 4.76. The molecule has 1 rings (SSSR count). The molecule has 0 spiro atoms. The Morgan fingerprint density at radius 3 is 2.59 bits per heavy atom. The highest BCUT2D eigenvalue weighted by Crippen LogP contribution is 2.15. The summed E-state index contributed by atoms with van der Waals surface area (Å²) in [6, 6.07) is 4.98. The first-order chi connectivity index (χ1) is 7.80. The maximum atomic E-state index is 13.5. The van der Waals surface area contributed by atoms with E-state index in [1.165, 1.54) is 6.07 Å². The van der Waals surface area contributed by atoms with Crippen LogP contribution in [0.3, 0.4) is 0 Å². The molecule has 0 fully saturated rings. The molecule has 0 amide bonds. The zero-order chi connectivity index (χ0) is 13.1. The smallest absolute Gasteiger partial charge is 0.127 e. The summed E-state index contributed by atoms with van der Waals surface area (Å²) in [5.74, 6) is -0.234.